The van der Waals surface area contributed by atoms with E-state index in [9.17, 15) is 9.59 Å². The number of ether oxygens (including phenoxy) is 2. The number of nitrogens with one attached hydrogen (secondary N) is 1. The van der Waals surface area contributed by atoms with Crippen LogP contribution in [0.3, 0.4) is 0 Å². The van der Waals surface area contributed by atoms with Crippen molar-refractivity contribution < 1.29 is 19.1 Å². The number of nitrogens with zero attached hydrogens (tertiary/aromatic N) is 2. The molecule has 1 saturated heterocycles. The Bertz CT molecular complexity index is 970. The number of Topliss-reactive ketones (excluding diaryl/α,β-unsaturated/α-hetero) is 1. The summed E-state index contributed by atoms with van der Waals surface area (Å²) in [6.07, 6.45) is 3.80. The Hall–Kier alpha value is -3.03. The normalized spacial score (nSPS) is 20.7. The smallest absolute Gasteiger partial charge is 0.271 e. The zero-order valence-corrected chi connectivity index (χ0v) is 18.3. The highest BCUT2D eigenvalue weighted by Crippen LogP contribution is 2.25. The van der Waals surface area contributed by atoms with E-state index in [1.807, 2.05) is 54.6 Å². The van der Waals surface area contributed by atoms with Crippen LogP contribution in [0.2, 0.25) is 0 Å². The minimum Gasteiger partial charge on any atom is -0.376 e. The fourth-order valence-electron chi connectivity index (χ4n) is 3.97. The maximum atomic E-state index is 12.9. The SMILES string of the molecule is CC(=O)C1CC(C(=O)Nc2cccc(COCC3CCCCO3)c2)=NN1c1ccccc1. The molecule has 2 atom stereocenters. The third-order valence-corrected chi connectivity index (χ3v) is 5.69. The van der Waals surface area contributed by atoms with E-state index < -0.39 is 6.04 Å². The molecule has 32 heavy (non-hydrogen) atoms. The lowest BCUT2D eigenvalue weighted by Crippen LogP contribution is -2.33. The monoisotopic (exact) mass is 435 g/mol. The Kier molecular flexibility index (Phi) is 7.29. The van der Waals surface area contributed by atoms with E-state index in [0.717, 1.165) is 30.7 Å². The molecule has 2 aromatic rings. The van der Waals surface area contributed by atoms with Crippen LogP contribution in [0.15, 0.2) is 59.7 Å². The molecular weight excluding hydrogens is 406 g/mol. The quantitative estimate of drug-likeness (QED) is 0.680. The predicted octanol–water partition coefficient (Wildman–Crippen LogP) is 3.93. The second kappa shape index (κ2) is 10.5. The summed E-state index contributed by atoms with van der Waals surface area (Å²) in [5, 5.41) is 9.00. The van der Waals surface area contributed by atoms with Gasteiger partial charge in [-0.3, -0.25) is 14.6 Å². The van der Waals surface area contributed by atoms with Gasteiger partial charge >= 0.3 is 0 Å². The minimum absolute atomic E-state index is 0.0264. The fourth-order valence-corrected chi connectivity index (χ4v) is 3.97. The van der Waals surface area contributed by atoms with E-state index in [2.05, 4.69) is 10.4 Å². The molecule has 7 nitrogen and oxygen atoms in total. The number of carbonyl (C=O) groups excluding carboxylic acids is 2. The van der Waals surface area contributed by atoms with Crippen LogP contribution < -0.4 is 10.3 Å². The molecule has 4 rings (SSSR count). The first-order valence-corrected chi connectivity index (χ1v) is 11.1. The summed E-state index contributed by atoms with van der Waals surface area (Å²) in [4.78, 5) is 25.0. The largest absolute Gasteiger partial charge is 0.376 e. The topological polar surface area (TPSA) is 80.2 Å². The van der Waals surface area contributed by atoms with Crippen molar-refractivity contribution in [2.45, 2.75) is 51.4 Å². The van der Waals surface area contributed by atoms with Crippen LogP contribution in [0.25, 0.3) is 0 Å². The molecule has 2 unspecified atom stereocenters. The summed E-state index contributed by atoms with van der Waals surface area (Å²) in [6, 6.07) is 16.5. The molecule has 2 aromatic carbocycles. The van der Waals surface area contributed by atoms with Gasteiger partial charge in [-0.2, -0.15) is 5.10 Å². The number of rotatable bonds is 8. The number of ketones is 1. The molecule has 0 aromatic heterocycles. The van der Waals surface area contributed by atoms with Gasteiger partial charge in [0.1, 0.15) is 11.8 Å². The first-order chi connectivity index (χ1) is 15.6. The molecule has 2 heterocycles. The van der Waals surface area contributed by atoms with Gasteiger partial charge in [0.2, 0.25) is 0 Å². The summed E-state index contributed by atoms with van der Waals surface area (Å²) in [5.74, 6) is -0.329. The molecule has 7 heteroatoms. The van der Waals surface area contributed by atoms with Gasteiger partial charge in [0.05, 0.1) is 25.0 Å². The number of hydrazone groups is 1. The van der Waals surface area contributed by atoms with Gasteiger partial charge in [-0.25, -0.2) is 0 Å². The molecule has 168 valence electrons. The van der Waals surface area contributed by atoms with Crippen LogP contribution in [0.5, 0.6) is 0 Å². The predicted molar refractivity (Wildman–Crippen MR) is 124 cm³/mol. The number of para-hydroxylation sites is 1. The van der Waals surface area contributed by atoms with E-state index in [1.54, 1.807) is 5.01 Å². The molecule has 0 aliphatic carbocycles. The maximum Gasteiger partial charge on any atom is 0.271 e. The third kappa shape index (κ3) is 5.60. The highest BCUT2D eigenvalue weighted by molar-refractivity contribution is 6.44. The zero-order chi connectivity index (χ0) is 22.3. The molecule has 0 bridgehead atoms. The van der Waals surface area contributed by atoms with E-state index in [4.69, 9.17) is 9.47 Å². The lowest BCUT2D eigenvalue weighted by Gasteiger charge is -2.22. The average molecular weight is 436 g/mol. The molecular formula is C25H29N3O4. The van der Waals surface area contributed by atoms with Crippen LogP contribution >= 0.6 is 0 Å². The second-order valence-electron chi connectivity index (χ2n) is 8.22. The van der Waals surface area contributed by atoms with Crippen molar-refractivity contribution in [3.63, 3.8) is 0 Å². The van der Waals surface area contributed by atoms with E-state index in [0.29, 0.717) is 24.6 Å². The molecule has 1 fully saturated rings. The Morgan fingerprint density at radius 2 is 2.00 bits per heavy atom. The summed E-state index contributed by atoms with van der Waals surface area (Å²) < 4.78 is 11.5. The Morgan fingerprint density at radius 3 is 2.75 bits per heavy atom. The van der Waals surface area contributed by atoms with Gasteiger partial charge < -0.3 is 14.8 Å². The number of anilines is 2. The maximum absolute atomic E-state index is 12.9. The van der Waals surface area contributed by atoms with Crippen molar-refractivity contribution in [3.8, 4) is 0 Å². The standard InChI is InChI=1S/C25H29N3O4/c1-18(29)24-15-23(27-28(24)21-10-3-2-4-11-21)25(30)26-20-9-7-8-19(14-20)16-31-17-22-12-5-6-13-32-22/h2-4,7-11,14,22,24H,5-6,12-13,15-17H2,1H3,(H,26,30). The average Bonchev–Trinajstić information content (AvgIpc) is 3.27. The van der Waals surface area contributed by atoms with Crippen molar-refractivity contribution in [3.05, 3.63) is 60.2 Å². The van der Waals surface area contributed by atoms with Gasteiger partial charge in [0, 0.05) is 18.7 Å². The van der Waals surface area contributed by atoms with Crippen LogP contribution in [-0.2, 0) is 25.7 Å². The van der Waals surface area contributed by atoms with Gasteiger partial charge in [-0.05, 0) is 56.0 Å². The summed E-state index contributed by atoms with van der Waals surface area (Å²) in [5.41, 5.74) is 2.77. The number of amides is 1. The van der Waals surface area contributed by atoms with Crippen LogP contribution in [0.1, 0.15) is 38.2 Å². The van der Waals surface area contributed by atoms with Crippen molar-refractivity contribution in [2.75, 3.05) is 23.5 Å². The van der Waals surface area contributed by atoms with Gasteiger partial charge in [-0.1, -0.05) is 30.3 Å². The summed E-state index contributed by atoms with van der Waals surface area (Å²) in [6.45, 7) is 3.37. The van der Waals surface area contributed by atoms with E-state index in [1.165, 1.54) is 13.3 Å². The van der Waals surface area contributed by atoms with Crippen LogP contribution in [-0.4, -0.2) is 42.8 Å². The van der Waals surface area contributed by atoms with Gasteiger partial charge in [0.15, 0.2) is 5.78 Å². The fraction of sp³-hybridized carbons (Fsp3) is 0.400. The van der Waals surface area contributed by atoms with Gasteiger partial charge in [-0.15, -0.1) is 0 Å². The highest BCUT2D eigenvalue weighted by Gasteiger charge is 2.34. The molecule has 1 amide bonds. The lowest BCUT2D eigenvalue weighted by atomic mass is 10.1. The van der Waals surface area contributed by atoms with Crippen molar-refractivity contribution in [2.24, 2.45) is 5.10 Å². The summed E-state index contributed by atoms with van der Waals surface area (Å²) in [7, 11) is 0. The van der Waals surface area contributed by atoms with Crippen molar-refractivity contribution in [1.82, 2.24) is 0 Å². The first-order valence-electron chi connectivity index (χ1n) is 11.1. The van der Waals surface area contributed by atoms with E-state index >= 15 is 0 Å². The molecule has 0 saturated carbocycles. The molecule has 0 radical (unpaired) electrons. The third-order valence-electron chi connectivity index (χ3n) is 5.69. The zero-order valence-electron chi connectivity index (χ0n) is 18.3. The molecule has 2 aliphatic rings. The molecule has 2 aliphatic heterocycles. The number of carbonyl (C=O) groups is 2. The van der Waals surface area contributed by atoms with Crippen molar-refractivity contribution >= 4 is 28.8 Å². The number of hydrogen-bond acceptors (Lipinski definition) is 6. The lowest BCUT2D eigenvalue weighted by molar-refractivity contribution is -0.118. The number of hydrogen-bond donors (Lipinski definition) is 1. The first kappa shape index (κ1) is 22.2. The summed E-state index contributed by atoms with van der Waals surface area (Å²) >= 11 is 0. The molecule has 0 spiro atoms. The second-order valence-corrected chi connectivity index (χ2v) is 8.22. The Labute approximate surface area is 188 Å². The molecule has 1 N–H and O–H groups in total. The minimum atomic E-state index is -0.472. The van der Waals surface area contributed by atoms with Crippen LogP contribution in [0.4, 0.5) is 11.4 Å². The Balaban J connectivity index is 1.37. The van der Waals surface area contributed by atoms with E-state index in [-0.39, 0.29) is 24.2 Å². The number of benzene rings is 2. The Morgan fingerprint density at radius 1 is 1.16 bits per heavy atom. The highest BCUT2D eigenvalue weighted by atomic mass is 16.5. The van der Waals surface area contributed by atoms with Crippen molar-refractivity contribution in [1.29, 1.82) is 0 Å². The van der Waals surface area contributed by atoms with Crippen LogP contribution in [0, 0.1) is 0 Å². The van der Waals surface area contributed by atoms with Gasteiger partial charge in [0.25, 0.3) is 5.91 Å².